The summed E-state index contributed by atoms with van der Waals surface area (Å²) in [6.45, 7) is 6.77. The lowest BCUT2D eigenvalue weighted by Crippen LogP contribution is -2.48. The molecule has 124 valence electrons. The first-order chi connectivity index (χ1) is 11.3. The zero-order valence-corrected chi connectivity index (χ0v) is 14.0. The van der Waals surface area contributed by atoms with Gasteiger partial charge in [-0.05, 0) is 45.7 Å². The summed E-state index contributed by atoms with van der Waals surface area (Å²) in [6.07, 6.45) is 9.68. The summed E-state index contributed by atoms with van der Waals surface area (Å²) in [7, 11) is 0. The molecule has 2 aliphatic heterocycles. The lowest BCUT2D eigenvalue weighted by atomic mass is 10.0. The quantitative estimate of drug-likeness (QED) is 0.851. The lowest BCUT2D eigenvalue weighted by molar-refractivity contribution is 0.181. The van der Waals surface area contributed by atoms with Gasteiger partial charge >= 0.3 is 0 Å². The second kappa shape index (κ2) is 6.43. The molecule has 1 atom stereocenters. The van der Waals surface area contributed by atoms with Gasteiger partial charge in [0.2, 0.25) is 0 Å². The highest BCUT2D eigenvalue weighted by atomic mass is 15.4. The smallest absolute Gasteiger partial charge is 0.254 e. The topological polar surface area (TPSA) is 49.6 Å². The molecule has 0 spiro atoms. The molecule has 0 aliphatic carbocycles. The van der Waals surface area contributed by atoms with Crippen LogP contribution in [0.3, 0.4) is 0 Å². The summed E-state index contributed by atoms with van der Waals surface area (Å²) in [5.41, 5.74) is 1.01. The van der Waals surface area contributed by atoms with E-state index in [1.165, 1.54) is 51.6 Å². The van der Waals surface area contributed by atoms with Crippen LogP contribution in [0, 0.1) is 6.92 Å². The Bertz CT molecular complexity index is 658. The van der Waals surface area contributed by atoms with Gasteiger partial charge in [-0.15, -0.1) is 0 Å². The average Bonchev–Trinajstić information content (AvgIpc) is 2.87. The van der Waals surface area contributed by atoms with E-state index in [0.717, 1.165) is 24.6 Å². The van der Waals surface area contributed by atoms with Crippen LogP contribution in [0.15, 0.2) is 12.4 Å². The highest BCUT2D eigenvalue weighted by Crippen LogP contribution is 2.24. The Labute approximate surface area is 137 Å². The molecule has 2 aromatic heterocycles. The highest BCUT2D eigenvalue weighted by molar-refractivity contribution is 5.47. The fraction of sp³-hybridized carbons (Fsp3) is 0.706. The van der Waals surface area contributed by atoms with E-state index >= 15 is 0 Å². The molecule has 0 bridgehead atoms. The minimum atomic E-state index is 0.675. The molecule has 0 radical (unpaired) electrons. The summed E-state index contributed by atoms with van der Waals surface area (Å²) in [4.78, 5) is 13.9. The molecule has 0 saturated carbocycles. The predicted molar refractivity (Wildman–Crippen MR) is 90.8 cm³/mol. The van der Waals surface area contributed by atoms with Crippen LogP contribution < -0.4 is 4.90 Å². The molecule has 6 heteroatoms. The predicted octanol–water partition coefficient (Wildman–Crippen LogP) is 2.28. The number of aromatic nitrogens is 4. The van der Waals surface area contributed by atoms with Gasteiger partial charge in [0, 0.05) is 30.9 Å². The van der Waals surface area contributed by atoms with Gasteiger partial charge in [-0.1, -0.05) is 12.8 Å². The average molecular weight is 314 g/mol. The standard InChI is InChI=1S/C17H26N6/c1-14-11-16(23-17(20-14)18-13-19-23)22-10-6-7-15(12-22)21-8-4-2-3-5-9-21/h11,13,15H,2-10,12H2,1H3/t15-/m1/s1. The minimum absolute atomic E-state index is 0.675. The van der Waals surface area contributed by atoms with Crippen LogP contribution in [0.4, 0.5) is 5.82 Å². The number of nitrogens with zero attached hydrogens (tertiary/aromatic N) is 6. The molecule has 23 heavy (non-hydrogen) atoms. The fourth-order valence-corrected chi connectivity index (χ4v) is 4.06. The van der Waals surface area contributed by atoms with Gasteiger partial charge in [-0.3, -0.25) is 4.90 Å². The van der Waals surface area contributed by atoms with E-state index in [0.29, 0.717) is 11.8 Å². The van der Waals surface area contributed by atoms with Crippen molar-refractivity contribution in [1.82, 2.24) is 24.5 Å². The highest BCUT2D eigenvalue weighted by Gasteiger charge is 2.27. The molecule has 2 fully saturated rings. The van der Waals surface area contributed by atoms with Crippen LogP contribution in [0.1, 0.15) is 44.2 Å². The summed E-state index contributed by atoms with van der Waals surface area (Å²) in [6, 6.07) is 2.82. The first-order valence-electron chi connectivity index (χ1n) is 8.97. The van der Waals surface area contributed by atoms with E-state index in [4.69, 9.17) is 0 Å². The minimum Gasteiger partial charge on any atom is -0.355 e. The number of hydrogen-bond acceptors (Lipinski definition) is 5. The molecule has 0 N–H and O–H groups in total. The maximum atomic E-state index is 4.46. The maximum absolute atomic E-state index is 4.46. The maximum Gasteiger partial charge on any atom is 0.254 e. The van der Waals surface area contributed by atoms with E-state index in [2.05, 4.69) is 30.9 Å². The van der Waals surface area contributed by atoms with Crippen molar-refractivity contribution in [2.24, 2.45) is 0 Å². The van der Waals surface area contributed by atoms with E-state index < -0.39 is 0 Å². The van der Waals surface area contributed by atoms with Crippen molar-refractivity contribution in [2.75, 3.05) is 31.1 Å². The van der Waals surface area contributed by atoms with Gasteiger partial charge in [-0.25, -0.2) is 4.98 Å². The second-order valence-corrected chi connectivity index (χ2v) is 6.92. The molecule has 2 aromatic rings. The zero-order chi connectivity index (χ0) is 15.6. The fourth-order valence-electron chi connectivity index (χ4n) is 4.06. The summed E-state index contributed by atoms with van der Waals surface area (Å²) < 4.78 is 1.89. The Hall–Kier alpha value is -1.69. The van der Waals surface area contributed by atoms with Crippen molar-refractivity contribution in [3.05, 3.63) is 18.1 Å². The van der Waals surface area contributed by atoms with E-state index in [-0.39, 0.29) is 0 Å². The lowest BCUT2D eigenvalue weighted by Gasteiger charge is -2.40. The SMILES string of the molecule is Cc1cc(N2CCC[C@@H](N3CCCCCC3)C2)n2ncnc2n1. The Morgan fingerprint density at radius 2 is 1.87 bits per heavy atom. The number of piperidine rings is 1. The van der Waals surface area contributed by atoms with Gasteiger partial charge in [-0.2, -0.15) is 14.6 Å². The molecule has 2 saturated heterocycles. The summed E-state index contributed by atoms with van der Waals surface area (Å²) >= 11 is 0. The number of hydrogen-bond donors (Lipinski definition) is 0. The van der Waals surface area contributed by atoms with Gasteiger partial charge < -0.3 is 4.90 Å². The van der Waals surface area contributed by atoms with Crippen molar-refractivity contribution in [2.45, 2.75) is 51.5 Å². The van der Waals surface area contributed by atoms with Crippen LogP contribution in [0.2, 0.25) is 0 Å². The van der Waals surface area contributed by atoms with Crippen molar-refractivity contribution in [1.29, 1.82) is 0 Å². The Morgan fingerprint density at radius 3 is 2.70 bits per heavy atom. The number of fused-ring (bicyclic) bond motifs is 1. The summed E-state index contributed by atoms with van der Waals surface area (Å²) in [5, 5.41) is 4.38. The number of likely N-dealkylation sites (tertiary alicyclic amines) is 1. The van der Waals surface area contributed by atoms with Gasteiger partial charge in [0.25, 0.3) is 5.78 Å². The van der Waals surface area contributed by atoms with Gasteiger partial charge in [0.05, 0.1) is 0 Å². The molecular formula is C17H26N6. The Balaban J connectivity index is 1.57. The molecule has 6 nitrogen and oxygen atoms in total. The zero-order valence-electron chi connectivity index (χ0n) is 14.0. The molecular weight excluding hydrogens is 288 g/mol. The van der Waals surface area contributed by atoms with E-state index in [9.17, 15) is 0 Å². The number of aryl methyl sites for hydroxylation is 1. The molecule has 0 aromatic carbocycles. The van der Waals surface area contributed by atoms with Crippen molar-refractivity contribution >= 4 is 11.6 Å². The third kappa shape index (κ3) is 3.04. The van der Waals surface area contributed by atoms with Crippen LogP contribution in [-0.2, 0) is 0 Å². The first-order valence-corrected chi connectivity index (χ1v) is 8.97. The van der Waals surface area contributed by atoms with Gasteiger partial charge in [0.1, 0.15) is 12.1 Å². The van der Waals surface area contributed by atoms with Crippen molar-refractivity contribution in [3.63, 3.8) is 0 Å². The van der Waals surface area contributed by atoms with Crippen LogP contribution in [-0.4, -0.2) is 56.7 Å². The van der Waals surface area contributed by atoms with E-state index in [1.54, 1.807) is 6.33 Å². The largest absolute Gasteiger partial charge is 0.355 e. The molecule has 0 unspecified atom stereocenters. The van der Waals surface area contributed by atoms with Crippen LogP contribution in [0.5, 0.6) is 0 Å². The monoisotopic (exact) mass is 314 g/mol. The van der Waals surface area contributed by atoms with Crippen molar-refractivity contribution < 1.29 is 0 Å². The van der Waals surface area contributed by atoms with Crippen LogP contribution >= 0.6 is 0 Å². The number of rotatable bonds is 2. The molecule has 2 aliphatic rings. The first kappa shape index (κ1) is 14.9. The second-order valence-electron chi connectivity index (χ2n) is 6.92. The Kier molecular flexibility index (Phi) is 4.16. The number of anilines is 1. The third-order valence-electron chi connectivity index (χ3n) is 5.24. The molecule has 0 amide bonds. The Morgan fingerprint density at radius 1 is 1.04 bits per heavy atom. The van der Waals surface area contributed by atoms with E-state index in [1.807, 2.05) is 11.4 Å². The molecule has 4 rings (SSSR count). The molecule has 4 heterocycles. The van der Waals surface area contributed by atoms with Crippen molar-refractivity contribution in [3.8, 4) is 0 Å². The summed E-state index contributed by atoms with van der Waals surface area (Å²) in [5.74, 6) is 1.85. The van der Waals surface area contributed by atoms with Crippen LogP contribution in [0.25, 0.3) is 5.78 Å². The normalized spacial score (nSPS) is 24.0. The van der Waals surface area contributed by atoms with Gasteiger partial charge in [0.15, 0.2) is 0 Å². The third-order valence-corrected chi connectivity index (χ3v) is 5.24.